The van der Waals surface area contributed by atoms with Gasteiger partial charge in [-0.2, -0.15) is 0 Å². The van der Waals surface area contributed by atoms with Gasteiger partial charge in [0.25, 0.3) is 5.91 Å². The van der Waals surface area contributed by atoms with Gasteiger partial charge in [-0.1, -0.05) is 30.3 Å². The molecule has 1 atom stereocenters. The number of carbonyl (C=O) groups excluding carboxylic acids is 2. The zero-order valence-corrected chi connectivity index (χ0v) is 18.4. The molecule has 6 nitrogen and oxygen atoms in total. The van der Waals surface area contributed by atoms with E-state index in [0.29, 0.717) is 24.1 Å². The first-order valence-electron chi connectivity index (χ1n) is 10.9. The average Bonchev–Trinajstić information content (AvgIpc) is 3.34. The van der Waals surface area contributed by atoms with Crippen LogP contribution in [0.1, 0.15) is 48.0 Å². The summed E-state index contributed by atoms with van der Waals surface area (Å²) in [7, 11) is -3.50. The molecule has 4 rings (SSSR count). The molecule has 0 aromatic heterocycles. The molecule has 0 N–H and O–H groups in total. The standard InChI is InChI=1S/C24H28N2O4S/c27-23(26-16-5-4-13-22(26)24(28)25-14-6-7-15-25)20-10-8-9-19(17-20)18-31(29,30)21-11-2-1-3-12-21/h1-3,8-12,17,22H,4-7,13-16,18H2. The number of hydrogen-bond donors (Lipinski definition) is 0. The monoisotopic (exact) mass is 440 g/mol. The van der Waals surface area contributed by atoms with E-state index in [4.69, 9.17) is 0 Å². The average molecular weight is 441 g/mol. The minimum absolute atomic E-state index is 0.0494. The van der Waals surface area contributed by atoms with Crippen molar-refractivity contribution in [1.29, 1.82) is 0 Å². The molecule has 0 saturated carbocycles. The first kappa shape index (κ1) is 21.6. The molecule has 0 radical (unpaired) electrons. The molecule has 2 amide bonds. The van der Waals surface area contributed by atoms with E-state index in [1.807, 2.05) is 4.90 Å². The fraction of sp³-hybridized carbons (Fsp3) is 0.417. The van der Waals surface area contributed by atoms with Crippen LogP contribution >= 0.6 is 0 Å². The Hall–Kier alpha value is -2.67. The number of likely N-dealkylation sites (tertiary alicyclic amines) is 2. The summed E-state index contributed by atoms with van der Waals surface area (Å²) in [5.74, 6) is -0.321. The number of carbonyl (C=O) groups is 2. The van der Waals surface area contributed by atoms with Crippen LogP contribution in [-0.4, -0.2) is 55.7 Å². The maximum atomic E-state index is 13.3. The van der Waals surface area contributed by atoms with E-state index >= 15 is 0 Å². The molecule has 2 aliphatic heterocycles. The maximum absolute atomic E-state index is 13.3. The molecule has 31 heavy (non-hydrogen) atoms. The maximum Gasteiger partial charge on any atom is 0.254 e. The van der Waals surface area contributed by atoms with Gasteiger partial charge in [-0.3, -0.25) is 9.59 Å². The van der Waals surface area contributed by atoms with Crippen LogP contribution in [-0.2, 0) is 20.4 Å². The largest absolute Gasteiger partial charge is 0.341 e. The molecular weight excluding hydrogens is 412 g/mol. The lowest BCUT2D eigenvalue weighted by atomic mass is 9.99. The molecule has 2 fully saturated rings. The van der Waals surface area contributed by atoms with Crippen LogP contribution in [0.3, 0.4) is 0 Å². The molecular formula is C24H28N2O4S. The van der Waals surface area contributed by atoms with Crippen LogP contribution in [0.2, 0.25) is 0 Å². The third kappa shape index (κ3) is 4.82. The Balaban J connectivity index is 1.53. The van der Waals surface area contributed by atoms with Crippen molar-refractivity contribution < 1.29 is 18.0 Å². The summed E-state index contributed by atoms with van der Waals surface area (Å²) in [6.45, 7) is 2.09. The SMILES string of the molecule is O=C(C1CCCCN1C(=O)c1cccc(CS(=O)(=O)c2ccccc2)c1)N1CCCC1. The van der Waals surface area contributed by atoms with Crippen molar-refractivity contribution >= 4 is 21.7 Å². The molecule has 0 bridgehead atoms. The Kier molecular flexibility index (Phi) is 6.41. The molecule has 164 valence electrons. The minimum atomic E-state index is -3.50. The van der Waals surface area contributed by atoms with Crippen molar-refractivity contribution in [3.63, 3.8) is 0 Å². The van der Waals surface area contributed by atoms with E-state index < -0.39 is 15.9 Å². The van der Waals surface area contributed by atoms with E-state index in [0.717, 1.165) is 38.8 Å². The van der Waals surface area contributed by atoms with Gasteiger partial charge in [0.05, 0.1) is 10.6 Å². The summed E-state index contributed by atoms with van der Waals surface area (Å²) in [5.41, 5.74) is 0.996. The highest BCUT2D eigenvalue weighted by Gasteiger charge is 2.36. The number of rotatable bonds is 5. The number of hydrogen-bond acceptors (Lipinski definition) is 4. The van der Waals surface area contributed by atoms with E-state index in [2.05, 4.69) is 0 Å². The second kappa shape index (κ2) is 9.22. The Morgan fingerprint density at radius 3 is 2.32 bits per heavy atom. The zero-order chi connectivity index (χ0) is 21.8. The second-order valence-electron chi connectivity index (χ2n) is 8.32. The zero-order valence-electron chi connectivity index (χ0n) is 17.6. The quantitative estimate of drug-likeness (QED) is 0.715. The van der Waals surface area contributed by atoms with E-state index in [-0.39, 0.29) is 22.5 Å². The van der Waals surface area contributed by atoms with Crippen molar-refractivity contribution in [1.82, 2.24) is 9.80 Å². The van der Waals surface area contributed by atoms with Crippen molar-refractivity contribution in [2.75, 3.05) is 19.6 Å². The number of piperidine rings is 1. The molecule has 1 unspecified atom stereocenters. The fourth-order valence-corrected chi connectivity index (χ4v) is 5.83. The van der Waals surface area contributed by atoms with Crippen molar-refractivity contribution in [2.45, 2.75) is 48.8 Å². The van der Waals surface area contributed by atoms with Gasteiger partial charge in [-0.15, -0.1) is 0 Å². The molecule has 2 saturated heterocycles. The van der Waals surface area contributed by atoms with Crippen molar-refractivity contribution in [3.05, 3.63) is 65.7 Å². The van der Waals surface area contributed by atoms with Gasteiger partial charge in [-0.05, 0) is 61.9 Å². The Morgan fingerprint density at radius 1 is 0.871 bits per heavy atom. The van der Waals surface area contributed by atoms with Crippen LogP contribution in [0.25, 0.3) is 0 Å². The lowest BCUT2D eigenvalue weighted by Gasteiger charge is -2.36. The van der Waals surface area contributed by atoms with Gasteiger partial charge in [0.1, 0.15) is 6.04 Å². The molecule has 2 aromatic carbocycles. The summed E-state index contributed by atoms with van der Waals surface area (Å²) in [6.07, 6.45) is 4.53. The topological polar surface area (TPSA) is 74.8 Å². The summed E-state index contributed by atoms with van der Waals surface area (Å²) < 4.78 is 25.5. The minimum Gasteiger partial charge on any atom is -0.341 e. The summed E-state index contributed by atoms with van der Waals surface area (Å²) in [6, 6.07) is 14.7. The molecule has 2 heterocycles. The molecule has 7 heteroatoms. The highest BCUT2D eigenvalue weighted by Crippen LogP contribution is 2.24. The summed E-state index contributed by atoms with van der Waals surface area (Å²) >= 11 is 0. The predicted octanol–water partition coefficient (Wildman–Crippen LogP) is 3.28. The lowest BCUT2D eigenvalue weighted by molar-refractivity contribution is -0.136. The Morgan fingerprint density at radius 2 is 1.58 bits per heavy atom. The highest BCUT2D eigenvalue weighted by atomic mass is 32.2. The predicted molar refractivity (Wildman–Crippen MR) is 118 cm³/mol. The summed E-state index contributed by atoms with van der Waals surface area (Å²) in [5, 5.41) is 0. The van der Waals surface area contributed by atoms with Crippen molar-refractivity contribution in [2.24, 2.45) is 0 Å². The third-order valence-corrected chi connectivity index (χ3v) is 7.80. The number of benzene rings is 2. The van der Waals surface area contributed by atoms with E-state index in [1.165, 1.54) is 0 Å². The van der Waals surface area contributed by atoms with E-state index in [9.17, 15) is 18.0 Å². The smallest absolute Gasteiger partial charge is 0.254 e. The van der Waals surface area contributed by atoms with Crippen LogP contribution in [0.4, 0.5) is 0 Å². The van der Waals surface area contributed by atoms with Gasteiger partial charge in [-0.25, -0.2) is 8.42 Å². The molecule has 2 aromatic rings. The van der Waals surface area contributed by atoms with Gasteiger partial charge < -0.3 is 9.80 Å². The molecule has 2 aliphatic rings. The summed E-state index contributed by atoms with van der Waals surface area (Å²) in [4.78, 5) is 30.2. The highest BCUT2D eigenvalue weighted by molar-refractivity contribution is 7.90. The fourth-order valence-electron chi connectivity index (χ4n) is 4.47. The first-order chi connectivity index (χ1) is 15.0. The van der Waals surface area contributed by atoms with Crippen molar-refractivity contribution in [3.8, 4) is 0 Å². The van der Waals surface area contributed by atoms with Gasteiger partial charge >= 0.3 is 0 Å². The first-order valence-corrected chi connectivity index (χ1v) is 12.6. The molecule has 0 aliphatic carbocycles. The van der Waals surface area contributed by atoms with E-state index in [1.54, 1.807) is 59.5 Å². The van der Waals surface area contributed by atoms with Crippen LogP contribution in [0.5, 0.6) is 0 Å². The lowest BCUT2D eigenvalue weighted by Crippen LogP contribution is -2.52. The van der Waals surface area contributed by atoms with Gasteiger partial charge in [0.15, 0.2) is 9.84 Å². The number of sulfone groups is 1. The van der Waals surface area contributed by atoms with Gasteiger partial charge in [0, 0.05) is 25.2 Å². The third-order valence-electron chi connectivity index (χ3n) is 6.10. The van der Waals surface area contributed by atoms with Gasteiger partial charge in [0.2, 0.25) is 5.91 Å². The Bertz CT molecular complexity index is 1050. The molecule has 0 spiro atoms. The number of amides is 2. The Labute approximate surface area is 183 Å². The number of nitrogens with zero attached hydrogens (tertiary/aromatic N) is 2. The van der Waals surface area contributed by atoms with Crippen LogP contribution in [0.15, 0.2) is 59.5 Å². The normalized spacial score (nSPS) is 19.4. The second-order valence-corrected chi connectivity index (χ2v) is 10.3. The van der Waals surface area contributed by atoms with Crippen LogP contribution < -0.4 is 0 Å². The van der Waals surface area contributed by atoms with Crippen LogP contribution in [0, 0.1) is 0 Å².